The number of amides is 1. The summed E-state index contributed by atoms with van der Waals surface area (Å²) in [6, 6.07) is 8.33. The van der Waals surface area contributed by atoms with Crippen LogP contribution in [-0.2, 0) is 26.3 Å². The van der Waals surface area contributed by atoms with E-state index in [1.165, 1.54) is 11.1 Å². The standard InChI is InChI=1S/C15H19NO3/c1-15-9-11(8-13(17)16-2)18-14(19-15)7-10-5-3-4-6-12(10)15/h3-6,11,14H,7-9H2,1-2H3,(H,16,17)/t11-,14-,15-/m0/s1. The molecule has 19 heavy (non-hydrogen) atoms. The van der Waals surface area contributed by atoms with Crippen molar-refractivity contribution in [1.29, 1.82) is 0 Å². The third-order valence-corrected chi connectivity index (χ3v) is 4.02. The first kappa shape index (κ1) is 12.6. The van der Waals surface area contributed by atoms with Gasteiger partial charge in [0.1, 0.15) is 0 Å². The van der Waals surface area contributed by atoms with E-state index in [-0.39, 0.29) is 23.9 Å². The Morgan fingerprint density at radius 3 is 3.05 bits per heavy atom. The van der Waals surface area contributed by atoms with Gasteiger partial charge in [-0.15, -0.1) is 0 Å². The second-order valence-electron chi connectivity index (χ2n) is 5.48. The van der Waals surface area contributed by atoms with Gasteiger partial charge in [-0.05, 0) is 18.1 Å². The number of fused-ring (bicyclic) bond motifs is 4. The van der Waals surface area contributed by atoms with E-state index in [1.54, 1.807) is 7.05 Å². The van der Waals surface area contributed by atoms with Crippen molar-refractivity contribution in [3.05, 3.63) is 35.4 Å². The summed E-state index contributed by atoms with van der Waals surface area (Å²) in [6.45, 7) is 2.09. The van der Waals surface area contributed by atoms with Gasteiger partial charge in [-0.1, -0.05) is 24.3 Å². The lowest BCUT2D eigenvalue weighted by Crippen LogP contribution is -2.49. The maximum absolute atomic E-state index is 11.5. The van der Waals surface area contributed by atoms with E-state index >= 15 is 0 Å². The van der Waals surface area contributed by atoms with Crippen molar-refractivity contribution >= 4 is 5.91 Å². The smallest absolute Gasteiger partial charge is 0.222 e. The minimum Gasteiger partial charge on any atom is -0.359 e. The van der Waals surface area contributed by atoms with Crippen molar-refractivity contribution in [3.8, 4) is 0 Å². The van der Waals surface area contributed by atoms with Crippen LogP contribution in [0.2, 0.25) is 0 Å². The van der Waals surface area contributed by atoms with E-state index < -0.39 is 0 Å². The fourth-order valence-electron chi connectivity index (χ4n) is 3.15. The number of benzene rings is 1. The van der Waals surface area contributed by atoms with Crippen LogP contribution in [0.1, 0.15) is 30.9 Å². The van der Waals surface area contributed by atoms with Gasteiger partial charge in [0, 0.05) is 19.9 Å². The molecule has 4 nitrogen and oxygen atoms in total. The molecule has 1 aromatic rings. The molecule has 0 saturated carbocycles. The van der Waals surface area contributed by atoms with E-state index in [9.17, 15) is 4.79 Å². The van der Waals surface area contributed by atoms with Crippen LogP contribution in [0.5, 0.6) is 0 Å². The number of nitrogens with one attached hydrogen (secondary N) is 1. The molecule has 1 aromatic carbocycles. The second-order valence-corrected chi connectivity index (χ2v) is 5.48. The number of hydrogen-bond donors (Lipinski definition) is 1. The van der Waals surface area contributed by atoms with Crippen LogP contribution < -0.4 is 5.32 Å². The molecule has 3 atom stereocenters. The second kappa shape index (κ2) is 4.62. The Hall–Kier alpha value is -1.39. The molecule has 1 saturated heterocycles. The first-order valence-corrected chi connectivity index (χ1v) is 6.73. The highest BCUT2D eigenvalue weighted by atomic mass is 16.7. The van der Waals surface area contributed by atoms with E-state index in [1.807, 2.05) is 12.1 Å². The summed E-state index contributed by atoms with van der Waals surface area (Å²) in [4.78, 5) is 11.5. The number of carbonyl (C=O) groups excluding carboxylic acids is 1. The summed E-state index contributed by atoms with van der Waals surface area (Å²) in [5.41, 5.74) is 2.19. The predicted molar refractivity (Wildman–Crippen MR) is 70.5 cm³/mol. The van der Waals surface area contributed by atoms with Crippen LogP contribution in [0.25, 0.3) is 0 Å². The normalized spacial score (nSPS) is 32.5. The lowest BCUT2D eigenvalue weighted by molar-refractivity contribution is -0.288. The summed E-state index contributed by atoms with van der Waals surface area (Å²) in [7, 11) is 1.65. The third-order valence-electron chi connectivity index (χ3n) is 4.02. The Balaban J connectivity index is 1.86. The summed E-state index contributed by atoms with van der Waals surface area (Å²) in [5.74, 6) is 0.0156. The molecule has 0 aliphatic carbocycles. The predicted octanol–water partition coefficient (Wildman–Crippen LogP) is 1.73. The van der Waals surface area contributed by atoms with Gasteiger partial charge in [0.15, 0.2) is 6.29 Å². The van der Waals surface area contributed by atoms with Gasteiger partial charge in [0.25, 0.3) is 0 Å². The van der Waals surface area contributed by atoms with Crippen LogP contribution in [0.15, 0.2) is 24.3 Å². The number of hydrogen-bond acceptors (Lipinski definition) is 3. The summed E-state index contributed by atoms with van der Waals surface area (Å²) in [6.07, 6.45) is 1.57. The Morgan fingerprint density at radius 2 is 2.26 bits per heavy atom. The molecule has 1 fully saturated rings. The molecular weight excluding hydrogens is 242 g/mol. The fraction of sp³-hybridized carbons (Fsp3) is 0.533. The average molecular weight is 261 g/mol. The Labute approximate surface area is 113 Å². The summed E-state index contributed by atoms with van der Waals surface area (Å²) in [5, 5.41) is 2.65. The molecule has 2 aliphatic heterocycles. The lowest BCUT2D eigenvalue weighted by Gasteiger charge is -2.47. The maximum Gasteiger partial charge on any atom is 0.222 e. The molecule has 3 rings (SSSR count). The SMILES string of the molecule is CNC(=O)C[C@H]1C[C@]2(C)O[C@@H](Cc3ccccc32)O1. The number of rotatable bonds is 2. The van der Waals surface area contributed by atoms with Crippen molar-refractivity contribution in [2.75, 3.05) is 7.05 Å². The van der Waals surface area contributed by atoms with E-state index in [0.29, 0.717) is 12.8 Å². The van der Waals surface area contributed by atoms with Crippen molar-refractivity contribution in [2.45, 2.75) is 44.2 Å². The largest absolute Gasteiger partial charge is 0.359 e. The first-order valence-electron chi connectivity index (χ1n) is 6.73. The molecule has 4 heteroatoms. The Morgan fingerprint density at radius 1 is 1.47 bits per heavy atom. The fourth-order valence-corrected chi connectivity index (χ4v) is 3.15. The molecule has 2 aliphatic rings. The highest BCUT2D eigenvalue weighted by molar-refractivity contribution is 5.76. The molecule has 2 bridgehead atoms. The van der Waals surface area contributed by atoms with Crippen LogP contribution in [0.3, 0.4) is 0 Å². The molecule has 1 N–H and O–H groups in total. The van der Waals surface area contributed by atoms with Gasteiger partial charge in [0.05, 0.1) is 18.1 Å². The van der Waals surface area contributed by atoms with Crippen LogP contribution in [-0.4, -0.2) is 25.3 Å². The molecule has 0 radical (unpaired) electrons. The quantitative estimate of drug-likeness (QED) is 0.882. The van der Waals surface area contributed by atoms with Gasteiger partial charge < -0.3 is 14.8 Å². The molecule has 0 aromatic heterocycles. The Bertz CT molecular complexity index is 502. The monoisotopic (exact) mass is 261 g/mol. The van der Waals surface area contributed by atoms with Gasteiger partial charge in [-0.2, -0.15) is 0 Å². The number of ether oxygens (including phenoxy) is 2. The Kier molecular flexibility index (Phi) is 3.07. The van der Waals surface area contributed by atoms with Gasteiger partial charge in [-0.3, -0.25) is 4.79 Å². The average Bonchev–Trinajstić information content (AvgIpc) is 2.37. The minimum absolute atomic E-state index is 0.0156. The third kappa shape index (κ3) is 2.26. The topological polar surface area (TPSA) is 47.6 Å². The van der Waals surface area contributed by atoms with Crippen LogP contribution in [0.4, 0.5) is 0 Å². The van der Waals surface area contributed by atoms with E-state index in [4.69, 9.17) is 9.47 Å². The molecule has 0 spiro atoms. The van der Waals surface area contributed by atoms with E-state index in [2.05, 4.69) is 24.4 Å². The molecule has 102 valence electrons. The highest BCUT2D eigenvalue weighted by Gasteiger charge is 2.45. The zero-order chi connectivity index (χ0) is 13.5. The van der Waals surface area contributed by atoms with Crippen LogP contribution >= 0.6 is 0 Å². The summed E-state index contributed by atoms with van der Waals surface area (Å²) >= 11 is 0. The van der Waals surface area contributed by atoms with Crippen molar-refractivity contribution in [2.24, 2.45) is 0 Å². The molecule has 2 heterocycles. The highest BCUT2D eigenvalue weighted by Crippen LogP contribution is 2.43. The van der Waals surface area contributed by atoms with Crippen LogP contribution in [0, 0.1) is 0 Å². The summed E-state index contributed by atoms with van der Waals surface area (Å²) < 4.78 is 11.9. The first-order chi connectivity index (χ1) is 9.10. The number of carbonyl (C=O) groups is 1. The van der Waals surface area contributed by atoms with Crippen molar-refractivity contribution in [1.82, 2.24) is 5.32 Å². The van der Waals surface area contributed by atoms with E-state index in [0.717, 1.165) is 6.42 Å². The van der Waals surface area contributed by atoms with Crippen molar-refractivity contribution in [3.63, 3.8) is 0 Å². The molecule has 0 unspecified atom stereocenters. The minimum atomic E-state index is -0.337. The zero-order valence-corrected chi connectivity index (χ0v) is 11.3. The van der Waals surface area contributed by atoms with Gasteiger partial charge in [-0.25, -0.2) is 0 Å². The lowest BCUT2D eigenvalue weighted by atomic mass is 9.81. The molecular formula is C15H19NO3. The van der Waals surface area contributed by atoms with Gasteiger partial charge >= 0.3 is 0 Å². The zero-order valence-electron chi connectivity index (χ0n) is 11.3. The van der Waals surface area contributed by atoms with Crippen molar-refractivity contribution < 1.29 is 14.3 Å². The molecule has 1 amide bonds. The maximum atomic E-state index is 11.5. The van der Waals surface area contributed by atoms with Gasteiger partial charge in [0.2, 0.25) is 5.91 Å².